The van der Waals surface area contributed by atoms with Gasteiger partial charge in [0.05, 0.1) is 23.8 Å². The van der Waals surface area contributed by atoms with Crippen LogP contribution in [0.15, 0.2) is 12.1 Å². The van der Waals surface area contributed by atoms with Crippen LogP contribution < -0.4 is 14.8 Å². The van der Waals surface area contributed by atoms with E-state index in [0.29, 0.717) is 40.6 Å². The number of halogens is 1. The lowest BCUT2D eigenvalue weighted by Gasteiger charge is -2.44. The summed E-state index contributed by atoms with van der Waals surface area (Å²) < 4.78 is 11.1. The van der Waals surface area contributed by atoms with Crippen LogP contribution in [0.25, 0.3) is 0 Å². The maximum absolute atomic E-state index is 12.8. The molecule has 2 heterocycles. The largest absolute Gasteiger partial charge is 0.493 e. The van der Waals surface area contributed by atoms with E-state index in [1.807, 2.05) is 13.8 Å². The van der Waals surface area contributed by atoms with Crippen LogP contribution in [0.1, 0.15) is 56.3 Å². The molecule has 2 fully saturated rings. The average molecular weight is 395 g/mol. The molecule has 1 aromatic carbocycles. The number of benzene rings is 1. The van der Waals surface area contributed by atoms with E-state index >= 15 is 0 Å². The zero-order valence-corrected chi connectivity index (χ0v) is 17.3. The minimum atomic E-state index is -0.151. The topological polar surface area (TPSA) is 50.8 Å². The van der Waals surface area contributed by atoms with Crippen LogP contribution in [0.3, 0.4) is 0 Å². The van der Waals surface area contributed by atoms with Gasteiger partial charge in [0.1, 0.15) is 0 Å². The summed E-state index contributed by atoms with van der Waals surface area (Å²) in [7, 11) is 1.57. The molecule has 0 aliphatic carbocycles. The monoisotopic (exact) mass is 394 g/mol. The summed E-state index contributed by atoms with van der Waals surface area (Å²) in [4.78, 5) is 15.4. The minimum Gasteiger partial charge on any atom is -0.493 e. The van der Waals surface area contributed by atoms with Gasteiger partial charge < -0.3 is 19.7 Å². The van der Waals surface area contributed by atoms with E-state index in [1.165, 1.54) is 45.2 Å². The molecule has 27 heavy (non-hydrogen) atoms. The molecular formula is C21H31ClN2O3. The summed E-state index contributed by atoms with van der Waals surface area (Å²) in [5.74, 6) is 1.45. The van der Waals surface area contributed by atoms with Crippen LogP contribution in [0, 0.1) is 5.92 Å². The standard InChI is InChI=1S/C21H31ClN2O3/c1-14(2)27-20-12-17(22)16(11-19(20)26-3)21(25)23-13-15-7-6-10-24-9-5-4-8-18(15)24/h11-12,14-15,18H,4-10,13H2,1-3H3,(H,23,25)/t15-,18+/m0/s1. The van der Waals surface area contributed by atoms with Crippen molar-refractivity contribution in [2.75, 3.05) is 26.7 Å². The molecular weight excluding hydrogens is 364 g/mol. The van der Waals surface area contributed by atoms with Crippen molar-refractivity contribution in [1.29, 1.82) is 0 Å². The zero-order valence-electron chi connectivity index (χ0n) is 16.6. The molecule has 2 aliphatic heterocycles. The van der Waals surface area contributed by atoms with E-state index in [9.17, 15) is 4.79 Å². The summed E-state index contributed by atoms with van der Waals surface area (Å²) >= 11 is 6.36. The molecule has 6 heteroatoms. The highest BCUT2D eigenvalue weighted by atomic mass is 35.5. The number of hydrogen-bond donors (Lipinski definition) is 1. The number of ether oxygens (including phenoxy) is 2. The van der Waals surface area contributed by atoms with Crippen LogP contribution in [-0.4, -0.2) is 49.7 Å². The van der Waals surface area contributed by atoms with E-state index in [-0.39, 0.29) is 12.0 Å². The first-order valence-corrected chi connectivity index (χ1v) is 10.4. The predicted octanol–water partition coefficient (Wildman–Crippen LogP) is 4.13. The van der Waals surface area contributed by atoms with Gasteiger partial charge in [-0.25, -0.2) is 0 Å². The van der Waals surface area contributed by atoms with Gasteiger partial charge in [0.15, 0.2) is 11.5 Å². The number of nitrogens with zero attached hydrogens (tertiary/aromatic N) is 1. The lowest BCUT2D eigenvalue weighted by Crippen LogP contribution is -2.51. The number of rotatable bonds is 6. The molecule has 2 saturated heterocycles. The van der Waals surface area contributed by atoms with Crippen molar-refractivity contribution >= 4 is 17.5 Å². The SMILES string of the molecule is COc1cc(C(=O)NC[C@@H]2CCCN3CCCC[C@H]23)c(Cl)cc1OC(C)C. The van der Waals surface area contributed by atoms with Gasteiger partial charge in [0.25, 0.3) is 5.91 Å². The maximum Gasteiger partial charge on any atom is 0.252 e. The van der Waals surface area contributed by atoms with Crippen molar-refractivity contribution in [3.8, 4) is 11.5 Å². The van der Waals surface area contributed by atoms with Crippen molar-refractivity contribution in [2.24, 2.45) is 5.92 Å². The Kier molecular flexibility index (Phi) is 6.88. The number of carbonyl (C=O) groups is 1. The minimum absolute atomic E-state index is 0.000571. The Hall–Kier alpha value is -1.46. The summed E-state index contributed by atoms with van der Waals surface area (Å²) in [6, 6.07) is 3.95. The second-order valence-electron chi connectivity index (χ2n) is 7.86. The predicted molar refractivity (Wildman–Crippen MR) is 108 cm³/mol. The molecule has 1 N–H and O–H groups in total. The van der Waals surface area contributed by atoms with Gasteiger partial charge in [-0.05, 0) is 64.6 Å². The number of fused-ring (bicyclic) bond motifs is 1. The number of nitrogens with one attached hydrogen (secondary N) is 1. The number of piperidine rings is 2. The van der Waals surface area contributed by atoms with Crippen molar-refractivity contribution in [2.45, 2.75) is 58.1 Å². The van der Waals surface area contributed by atoms with Crippen molar-refractivity contribution < 1.29 is 14.3 Å². The smallest absolute Gasteiger partial charge is 0.252 e. The Bertz CT molecular complexity index is 663. The van der Waals surface area contributed by atoms with Crippen LogP contribution >= 0.6 is 11.6 Å². The first-order valence-electron chi connectivity index (χ1n) is 10.1. The maximum atomic E-state index is 12.8. The first-order chi connectivity index (χ1) is 13.0. The van der Waals surface area contributed by atoms with Crippen molar-refractivity contribution in [3.63, 3.8) is 0 Å². The summed E-state index contributed by atoms with van der Waals surface area (Å²) in [6.07, 6.45) is 6.24. The van der Waals surface area contributed by atoms with Gasteiger partial charge in [-0.1, -0.05) is 18.0 Å². The zero-order chi connectivity index (χ0) is 19.4. The fraction of sp³-hybridized carbons (Fsp3) is 0.667. The van der Waals surface area contributed by atoms with Crippen LogP contribution in [0.4, 0.5) is 0 Å². The highest BCUT2D eigenvalue weighted by Crippen LogP contribution is 2.34. The highest BCUT2D eigenvalue weighted by molar-refractivity contribution is 6.34. The van der Waals surface area contributed by atoms with E-state index in [0.717, 1.165) is 0 Å². The second kappa shape index (κ2) is 9.16. The van der Waals surface area contributed by atoms with Crippen LogP contribution in [0.5, 0.6) is 11.5 Å². The Morgan fingerprint density at radius 1 is 1.22 bits per heavy atom. The number of carbonyl (C=O) groups excluding carboxylic acids is 1. The molecule has 5 nitrogen and oxygen atoms in total. The third kappa shape index (κ3) is 4.88. The Labute approximate surface area is 167 Å². The van der Waals surface area contributed by atoms with Crippen molar-refractivity contribution in [3.05, 3.63) is 22.7 Å². The van der Waals surface area contributed by atoms with Gasteiger partial charge in [-0.15, -0.1) is 0 Å². The number of methoxy groups -OCH3 is 1. The molecule has 0 aromatic heterocycles. The lowest BCUT2D eigenvalue weighted by atomic mass is 9.83. The number of amides is 1. The Balaban J connectivity index is 1.67. The number of hydrogen-bond acceptors (Lipinski definition) is 4. The third-order valence-electron chi connectivity index (χ3n) is 5.61. The molecule has 0 radical (unpaired) electrons. The molecule has 0 spiro atoms. The lowest BCUT2D eigenvalue weighted by molar-refractivity contribution is 0.0575. The van der Waals surface area contributed by atoms with Crippen molar-refractivity contribution in [1.82, 2.24) is 10.2 Å². The van der Waals surface area contributed by atoms with Gasteiger partial charge in [-0.2, -0.15) is 0 Å². The fourth-order valence-corrected chi connectivity index (χ4v) is 4.59. The van der Waals surface area contributed by atoms with Gasteiger partial charge >= 0.3 is 0 Å². The molecule has 1 aromatic rings. The fourth-order valence-electron chi connectivity index (χ4n) is 4.35. The van der Waals surface area contributed by atoms with E-state index in [1.54, 1.807) is 19.2 Å². The van der Waals surface area contributed by atoms with Crippen LogP contribution in [0.2, 0.25) is 5.02 Å². The molecule has 0 unspecified atom stereocenters. The first kappa shape index (κ1) is 20.3. The Morgan fingerprint density at radius 2 is 2.00 bits per heavy atom. The summed E-state index contributed by atoms with van der Waals surface area (Å²) in [5, 5.41) is 3.49. The normalized spacial score (nSPS) is 23.0. The summed E-state index contributed by atoms with van der Waals surface area (Å²) in [6.45, 7) is 6.98. The van der Waals surface area contributed by atoms with Crippen LogP contribution in [-0.2, 0) is 0 Å². The van der Waals surface area contributed by atoms with E-state index in [4.69, 9.17) is 21.1 Å². The van der Waals surface area contributed by atoms with Gasteiger partial charge in [0, 0.05) is 18.7 Å². The molecule has 2 atom stereocenters. The highest BCUT2D eigenvalue weighted by Gasteiger charge is 2.33. The molecule has 0 bridgehead atoms. The van der Waals surface area contributed by atoms with Gasteiger partial charge in [-0.3, -0.25) is 4.79 Å². The quantitative estimate of drug-likeness (QED) is 0.788. The average Bonchev–Trinajstić information content (AvgIpc) is 2.65. The van der Waals surface area contributed by atoms with E-state index in [2.05, 4.69) is 10.2 Å². The van der Waals surface area contributed by atoms with E-state index < -0.39 is 0 Å². The molecule has 0 saturated carbocycles. The molecule has 150 valence electrons. The molecule has 1 amide bonds. The summed E-state index contributed by atoms with van der Waals surface area (Å²) in [5.41, 5.74) is 0.431. The molecule has 3 rings (SSSR count). The Morgan fingerprint density at radius 3 is 2.74 bits per heavy atom. The van der Waals surface area contributed by atoms with Gasteiger partial charge in [0.2, 0.25) is 0 Å². The second-order valence-corrected chi connectivity index (χ2v) is 8.27. The molecule has 2 aliphatic rings. The third-order valence-corrected chi connectivity index (χ3v) is 5.93.